The fraction of sp³-hybridized carbons (Fsp3) is 0.100. The number of hydrogen-bond acceptors (Lipinski definition) is 3. The van der Waals surface area contributed by atoms with Gasteiger partial charge in [0.2, 0.25) is 0 Å². The third-order valence-electron chi connectivity index (χ3n) is 3.66. The van der Waals surface area contributed by atoms with Crippen LogP contribution >= 0.6 is 0 Å². The first kappa shape index (κ1) is 16.6. The molecule has 1 N–H and O–H groups in total. The van der Waals surface area contributed by atoms with E-state index in [0.717, 1.165) is 11.1 Å². The zero-order valence-electron chi connectivity index (χ0n) is 13.4. The molecule has 0 aliphatic heterocycles. The summed E-state index contributed by atoms with van der Waals surface area (Å²) >= 11 is 0. The van der Waals surface area contributed by atoms with Gasteiger partial charge >= 0.3 is 0 Å². The number of hydrogen-bond donors (Lipinski definition) is 1. The molecule has 1 aromatic heterocycles. The second-order valence-electron chi connectivity index (χ2n) is 5.43. The highest BCUT2D eigenvalue weighted by atomic mass is 19.1. The maximum Gasteiger partial charge on any atom is 0.258 e. The third-order valence-corrected chi connectivity index (χ3v) is 3.66. The van der Waals surface area contributed by atoms with Crippen molar-refractivity contribution in [3.8, 4) is 5.75 Å². The van der Waals surface area contributed by atoms with Crippen LogP contribution in [0.3, 0.4) is 0 Å². The van der Waals surface area contributed by atoms with E-state index in [2.05, 4.69) is 10.3 Å². The van der Waals surface area contributed by atoms with Gasteiger partial charge in [-0.2, -0.15) is 0 Å². The summed E-state index contributed by atoms with van der Waals surface area (Å²) in [6.45, 7) is -0.104. The molecule has 2 aromatic carbocycles. The fourth-order valence-corrected chi connectivity index (χ4v) is 2.44. The van der Waals surface area contributed by atoms with Crippen molar-refractivity contribution < 1.29 is 13.9 Å². The van der Waals surface area contributed by atoms with Gasteiger partial charge in [0.1, 0.15) is 11.6 Å². The van der Waals surface area contributed by atoms with Crippen LogP contribution in [0.4, 0.5) is 4.39 Å². The molecule has 1 atom stereocenters. The first-order valence-corrected chi connectivity index (χ1v) is 7.85. The highest BCUT2D eigenvalue weighted by Gasteiger charge is 2.17. The van der Waals surface area contributed by atoms with Crippen molar-refractivity contribution >= 4 is 5.91 Å². The van der Waals surface area contributed by atoms with Crippen molar-refractivity contribution in [1.82, 2.24) is 10.3 Å². The number of pyridine rings is 1. The minimum atomic E-state index is -0.407. The highest BCUT2D eigenvalue weighted by Crippen LogP contribution is 2.22. The molecule has 5 heteroatoms. The van der Waals surface area contributed by atoms with Gasteiger partial charge in [-0.05, 0) is 47.5 Å². The summed E-state index contributed by atoms with van der Waals surface area (Å²) in [5, 5.41) is 2.93. The third kappa shape index (κ3) is 4.64. The van der Waals surface area contributed by atoms with Crippen LogP contribution in [0.25, 0.3) is 0 Å². The van der Waals surface area contributed by atoms with Crippen LogP contribution in [0.5, 0.6) is 5.75 Å². The molecular weight excluding hydrogens is 319 g/mol. The molecule has 0 fully saturated rings. The van der Waals surface area contributed by atoms with E-state index >= 15 is 0 Å². The molecular formula is C20H17FN2O2. The van der Waals surface area contributed by atoms with Crippen molar-refractivity contribution in [3.05, 3.63) is 96.1 Å². The summed E-state index contributed by atoms with van der Waals surface area (Å²) in [6, 6.07) is 18.4. The SMILES string of the molecule is O=C(COc1ccccc1)NC(c1ccncc1)c1ccc(F)cc1. The lowest BCUT2D eigenvalue weighted by Crippen LogP contribution is -2.33. The zero-order valence-corrected chi connectivity index (χ0v) is 13.4. The van der Waals surface area contributed by atoms with Gasteiger partial charge in [0, 0.05) is 12.4 Å². The number of carbonyl (C=O) groups excluding carboxylic acids is 1. The number of benzene rings is 2. The van der Waals surface area contributed by atoms with Gasteiger partial charge in [-0.3, -0.25) is 9.78 Å². The molecule has 1 amide bonds. The van der Waals surface area contributed by atoms with Crippen LogP contribution in [0.1, 0.15) is 17.2 Å². The van der Waals surface area contributed by atoms with E-state index in [4.69, 9.17) is 4.74 Å². The number of para-hydroxylation sites is 1. The molecule has 0 radical (unpaired) electrons. The molecule has 1 unspecified atom stereocenters. The second kappa shape index (κ2) is 8.06. The summed E-state index contributed by atoms with van der Waals surface area (Å²) in [5.41, 5.74) is 1.63. The maximum atomic E-state index is 13.2. The summed E-state index contributed by atoms with van der Waals surface area (Å²) in [5.74, 6) is 0.0332. The quantitative estimate of drug-likeness (QED) is 0.749. The Balaban J connectivity index is 1.73. The van der Waals surface area contributed by atoms with E-state index in [1.165, 1.54) is 12.1 Å². The van der Waals surface area contributed by atoms with Crippen LogP contribution < -0.4 is 10.1 Å². The molecule has 0 bridgehead atoms. The molecule has 0 aliphatic carbocycles. The first-order valence-electron chi connectivity index (χ1n) is 7.85. The predicted molar refractivity (Wildman–Crippen MR) is 92.6 cm³/mol. The normalized spacial score (nSPS) is 11.6. The summed E-state index contributed by atoms with van der Waals surface area (Å²) in [6.07, 6.45) is 3.30. The Kier molecular flexibility index (Phi) is 5.36. The Morgan fingerprint density at radius 2 is 1.60 bits per heavy atom. The van der Waals surface area contributed by atoms with E-state index in [0.29, 0.717) is 5.75 Å². The van der Waals surface area contributed by atoms with E-state index < -0.39 is 6.04 Å². The molecule has 1 heterocycles. The summed E-state index contributed by atoms with van der Waals surface area (Å²) in [4.78, 5) is 16.3. The minimum Gasteiger partial charge on any atom is -0.484 e. The molecule has 126 valence electrons. The number of nitrogens with one attached hydrogen (secondary N) is 1. The standard InChI is InChI=1S/C20H17FN2O2/c21-17-8-6-15(7-9-17)20(16-10-12-22-13-11-16)23-19(24)14-25-18-4-2-1-3-5-18/h1-13,20H,14H2,(H,23,24). The van der Waals surface area contributed by atoms with Gasteiger partial charge < -0.3 is 10.1 Å². The molecule has 0 saturated carbocycles. The average molecular weight is 336 g/mol. The monoisotopic (exact) mass is 336 g/mol. The van der Waals surface area contributed by atoms with Crippen LogP contribution in [0.2, 0.25) is 0 Å². The molecule has 4 nitrogen and oxygen atoms in total. The van der Waals surface area contributed by atoms with E-state index in [1.807, 2.05) is 30.3 Å². The molecule has 0 aliphatic rings. The Bertz CT molecular complexity index is 808. The summed E-state index contributed by atoms with van der Waals surface area (Å²) < 4.78 is 18.7. The van der Waals surface area contributed by atoms with Crippen LogP contribution in [-0.4, -0.2) is 17.5 Å². The van der Waals surface area contributed by atoms with Crippen molar-refractivity contribution in [2.24, 2.45) is 0 Å². The lowest BCUT2D eigenvalue weighted by Gasteiger charge is -2.20. The van der Waals surface area contributed by atoms with Crippen molar-refractivity contribution in [2.75, 3.05) is 6.61 Å². The van der Waals surface area contributed by atoms with Gasteiger partial charge in [0.25, 0.3) is 5.91 Å². The predicted octanol–water partition coefficient (Wildman–Crippen LogP) is 3.51. The van der Waals surface area contributed by atoms with Crippen LogP contribution in [-0.2, 0) is 4.79 Å². The Hall–Kier alpha value is -3.21. The van der Waals surface area contributed by atoms with E-state index in [-0.39, 0.29) is 18.3 Å². The van der Waals surface area contributed by atoms with Crippen molar-refractivity contribution in [2.45, 2.75) is 6.04 Å². The zero-order chi connectivity index (χ0) is 17.5. The Labute approximate surface area is 145 Å². The fourth-order valence-electron chi connectivity index (χ4n) is 2.44. The smallest absolute Gasteiger partial charge is 0.258 e. The van der Waals surface area contributed by atoms with Gasteiger partial charge in [0.05, 0.1) is 6.04 Å². The van der Waals surface area contributed by atoms with E-state index in [1.54, 1.807) is 36.7 Å². The number of rotatable bonds is 6. The number of nitrogens with zero attached hydrogens (tertiary/aromatic N) is 1. The van der Waals surface area contributed by atoms with Crippen molar-refractivity contribution in [3.63, 3.8) is 0 Å². The number of halogens is 1. The van der Waals surface area contributed by atoms with E-state index in [9.17, 15) is 9.18 Å². The molecule has 3 rings (SSSR count). The lowest BCUT2D eigenvalue weighted by molar-refractivity contribution is -0.123. The van der Waals surface area contributed by atoms with Crippen molar-refractivity contribution in [1.29, 1.82) is 0 Å². The number of aromatic nitrogens is 1. The topological polar surface area (TPSA) is 51.2 Å². The highest BCUT2D eigenvalue weighted by molar-refractivity contribution is 5.78. The van der Waals surface area contributed by atoms with Crippen LogP contribution in [0, 0.1) is 5.82 Å². The number of amides is 1. The number of ether oxygens (including phenoxy) is 1. The maximum absolute atomic E-state index is 13.2. The Morgan fingerprint density at radius 1 is 0.960 bits per heavy atom. The molecule has 3 aromatic rings. The lowest BCUT2D eigenvalue weighted by atomic mass is 9.99. The Morgan fingerprint density at radius 3 is 2.28 bits per heavy atom. The van der Waals surface area contributed by atoms with Gasteiger partial charge in [-0.15, -0.1) is 0 Å². The number of carbonyl (C=O) groups is 1. The second-order valence-corrected chi connectivity index (χ2v) is 5.43. The molecule has 25 heavy (non-hydrogen) atoms. The largest absolute Gasteiger partial charge is 0.484 e. The van der Waals surface area contributed by atoms with Crippen LogP contribution in [0.15, 0.2) is 79.1 Å². The molecule has 0 spiro atoms. The average Bonchev–Trinajstić information content (AvgIpc) is 2.67. The van der Waals surface area contributed by atoms with Gasteiger partial charge in [0.15, 0.2) is 6.61 Å². The molecule has 0 saturated heterocycles. The van der Waals surface area contributed by atoms with Gasteiger partial charge in [-0.25, -0.2) is 4.39 Å². The first-order chi connectivity index (χ1) is 12.2. The summed E-state index contributed by atoms with van der Waals surface area (Å²) in [7, 11) is 0. The van der Waals surface area contributed by atoms with Gasteiger partial charge in [-0.1, -0.05) is 30.3 Å². The minimum absolute atomic E-state index is 0.104.